The van der Waals surface area contributed by atoms with Crippen molar-refractivity contribution in [1.29, 1.82) is 0 Å². The fourth-order valence-electron chi connectivity index (χ4n) is 5.39. The van der Waals surface area contributed by atoms with Crippen LogP contribution in [0.5, 0.6) is 0 Å². The fraction of sp³-hybridized carbons (Fsp3) is 0.393. The molecule has 1 atom stereocenters. The SMILES string of the molecule is CC[C@@H]1CCCN1C(=O)c1cc2nccc(Nc3ccc4c(c3)cc(C)n4C(=O)CC3CC3)c2s1. The smallest absolute Gasteiger partial charge is 0.264 e. The van der Waals surface area contributed by atoms with Crippen molar-refractivity contribution in [2.75, 3.05) is 11.9 Å². The normalized spacial score (nSPS) is 18.0. The summed E-state index contributed by atoms with van der Waals surface area (Å²) in [5, 5.41) is 4.58. The van der Waals surface area contributed by atoms with Gasteiger partial charge in [0.1, 0.15) is 0 Å². The molecule has 7 heteroatoms. The molecule has 0 spiro atoms. The van der Waals surface area contributed by atoms with Gasteiger partial charge in [0.15, 0.2) is 0 Å². The van der Waals surface area contributed by atoms with E-state index in [-0.39, 0.29) is 11.8 Å². The maximum atomic E-state index is 13.2. The van der Waals surface area contributed by atoms with E-state index in [4.69, 9.17) is 0 Å². The Kier molecular flexibility index (Phi) is 5.60. The van der Waals surface area contributed by atoms with Crippen molar-refractivity contribution in [3.8, 4) is 0 Å². The Morgan fingerprint density at radius 1 is 1.14 bits per heavy atom. The van der Waals surface area contributed by atoms with Crippen molar-refractivity contribution < 1.29 is 9.59 Å². The molecule has 6 rings (SSSR count). The van der Waals surface area contributed by atoms with Gasteiger partial charge in [0.2, 0.25) is 5.91 Å². The van der Waals surface area contributed by atoms with E-state index in [0.717, 1.165) is 68.9 Å². The molecular formula is C28H30N4O2S. The number of nitrogens with zero attached hydrogens (tertiary/aromatic N) is 3. The first kappa shape index (κ1) is 22.3. The average molecular weight is 487 g/mol. The predicted octanol–water partition coefficient (Wildman–Crippen LogP) is 6.76. The summed E-state index contributed by atoms with van der Waals surface area (Å²) in [6.45, 7) is 4.99. The lowest BCUT2D eigenvalue weighted by molar-refractivity contribution is 0.0738. The van der Waals surface area contributed by atoms with Gasteiger partial charge < -0.3 is 10.2 Å². The maximum absolute atomic E-state index is 13.2. The number of anilines is 2. The molecule has 3 aromatic heterocycles. The molecule has 1 aliphatic carbocycles. The Balaban J connectivity index is 1.28. The van der Waals surface area contributed by atoms with E-state index < -0.39 is 0 Å². The van der Waals surface area contributed by atoms with Crippen LogP contribution in [-0.2, 0) is 0 Å². The first-order valence-electron chi connectivity index (χ1n) is 12.6. The van der Waals surface area contributed by atoms with Crippen LogP contribution in [0.2, 0.25) is 0 Å². The van der Waals surface area contributed by atoms with E-state index >= 15 is 0 Å². The number of aromatic nitrogens is 2. The Labute approximate surface area is 208 Å². The van der Waals surface area contributed by atoms with Gasteiger partial charge in [-0.25, -0.2) is 0 Å². The van der Waals surface area contributed by atoms with E-state index in [9.17, 15) is 9.59 Å². The molecule has 0 bridgehead atoms. The van der Waals surface area contributed by atoms with Crippen LogP contribution in [-0.4, -0.2) is 38.9 Å². The van der Waals surface area contributed by atoms with Crippen LogP contribution in [0.4, 0.5) is 11.4 Å². The van der Waals surface area contributed by atoms with Crippen LogP contribution >= 0.6 is 11.3 Å². The molecule has 1 aromatic carbocycles. The number of fused-ring (bicyclic) bond motifs is 2. The lowest BCUT2D eigenvalue weighted by atomic mass is 10.1. The third-order valence-corrected chi connectivity index (χ3v) is 8.55. The molecule has 2 fully saturated rings. The van der Waals surface area contributed by atoms with Gasteiger partial charge >= 0.3 is 0 Å². The van der Waals surface area contributed by atoms with Gasteiger partial charge in [0.05, 0.1) is 26.3 Å². The summed E-state index contributed by atoms with van der Waals surface area (Å²) in [5.41, 5.74) is 4.65. The molecule has 2 aliphatic rings. The number of aryl methyl sites for hydroxylation is 1. The monoisotopic (exact) mass is 486 g/mol. The fourth-order valence-corrected chi connectivity index (χ4v) is 6.43. The van der Waals surface area contributed by atoms with Crippen molar-refractivity contribution in [2.24, 2.45) is 5.92 Å². The van der Waals surface area contributed by atoms with Crippen molar-refractivity contribution in [1.82, 2.24) is 14.5 Å². The number of nitrogens with one attached hydrogen (secondary N) is 1. The minimum atomic E-state index is 0.123. The Morgan fingerprint density at radius 2 is 2.00 bits per heavy atom. The minimum absolute atomic E-state index is 0.123. The Hall–Kier alpha value is -3.19. The second-order valence-corrected chi connectivity index (χ2v) is 11.0. The van der Waals surface area contributed by atoms with Gasteiger partial charge in [0.25, 0.3) is 5.91 Å². The van der Waals surface area contributed by atoms with E-state index in [1.54, 1.807) is 6.20 Å². The predicted molar refractivity (Wildman–Crippen MR) is 142 cm³/mol. The summed E-state index contributed by atoms with van der Waals surface area (Å²) in [7, 11) is 0. The standard InChI is InChI=1S/C28H30N4O2S/c1-3-21-5-4-12-31(21)28(34)25-16-23-27(35-25)22(10-11-29-23)30-20-8-9-24-19(15-20)13-17(2)32(24)26(33)14-18-6-7-18/h8-11,13,15-16,18,21H,3-7,12,14H2,1-2H3,(H,29,30)/t21-/m1/s1. The second-order valence-electron chi connectivity index (χ2n) is 9.95. The molecule has 6 nitrogen and oxygen atoms in total. The van der Waals surface area contributed by atoms with Gasteiger partial charge in [-0.1, -0.05) is 6.92 Å². The average Bonchev–Trinajstić information content (AvgIpc) is 3.24. The van der Waals surface area contributed by atoms with Crippen LogP contribution < -0.4 is 5.32 Å². The molecular weight excluding hydrogens is 456 g/mol. The third kappa shape index (κ3) is 4.12. The largest absolute Gasteiger partial charge is 0.354 e. The van der Waals surface area contributed by atoms with E-state index in [0.29, 0.717) is 18.4 Å². The number of benzene rings is 1. The van der Waals surface area contributed by atoms with E-state index in [1.165, 1.54) is 24.2 Å². The first-order valence-corrected chi connectivity index (χ1v) is 13.5. The van der Waals surface area contributed by atoms with Crippen LogP contribution in [0.3, 0.4) is 0 Å². The van der Waals surface area contributed by atoms with Crippen LogP contribution in [0.15, 0.2) is 42.6 Å². The van der Waals surface area contributed by atoms with Gasteiger partial charge in [-0.3, -0.25) is 19.1 Å². The highest BCUT2D eigenvalue weighted by molar-refractivity contribution is 7.21. The minimum Gasteiger partial charge on any atom is -0.354 e. The maximum Gasteiger partial charge on any atom is 0.264 e. The van der Waals surface area contributed by atoms with Gasteiger partial charge in [-0.05, 0) is 81.3 Å². The highest BCUT2D eigenvalue weighted by atomic mass is 32.1. The summed E-state index contributed by atoms with van der Waals surface area (Å²) in [6.07, 6.45) is 7.93. The number of carbonyl (C=O) groups excluding carboxylic acids is 2. The number of hydrogen-bond acceptors (Lipinski definition) is 5. The van der Waals surface area contributed by atoms with Crippen molar-refractivity contribution in [2.45, 2.75) is 58.4 Å². The van der Waals surface area contributed by atoms with E-state index in [2.05, 4.69) is 29.4 Å². The van der Waals surface area contributed by atoms with E-state index in [1.807, 2.05) is 40.7 Å². The number of amides is 1. The van der Waals surface area contributed by atoms with Crippen molar-refractivity contribution >= 4 is 55.6 Å². The van der Waals surface area contributed by atoms with Crippen molar-refractivity contribution in [3.63, 3.8) is 0 Å². The molecule has 4 aromatic rings. The zero-order valence-electron chi connectivity index (χ0n) is 20.2. The summed E-state index contributed by atoms with van der Waals surface area (Å²) in [4.78, 5) is 33.3. The Bertz CT molecular complexity index is 1450. The molecule has 0 radical (unpaired) electrons. The highest BCUT2D eigenvalue weighted by Gasteiger charge is 2.29. The van der Waals surface area contributed by atoms with Crippen molar-refractivity contribution in [3.05, 3.63) is 53.2 Å². The lowest BCUT2D eigenvalue weighted by Crippen LogP contribution is -2.34. The Morgan fingerprint density at radius 3 is 2.80 bits per heavy atom. The third-order valence-electron chi connectivity index (χ3n) is 7.41. The molecule has 1 saturated heterocycles. The van der Waals surface area contributed by atoms with Gasteiger partial charge in [-0.2, -0.15) is 0 Å². The number of likely N-dealkylation sites (tertiary alicyclic amines) is 1. The summed E-state index contributed by atoms with van der Waals surface area (Å²) < 4.78 is 2.85. The summed E-state index contributed by atoms with van der Waals surface area (Å²) in [6, 6.07) is 12.4. The highest BCUT2D eigenvalue weighted by Crippen LogP contribution is 2.36. The molecule has 1 amide bonds. The number of pyridine rings is 1. The molecule has 1 N–H and O–H groups in total. The number of carbonyl (C=O) groups is 2. The first-order chi connectivity index (χ1) is 17.0. The molecule has 35 heavy (non-hydrogen) atoms. The topological polar surface area (TPSA) is 67.2 Å². The molecule has 1 aliphatic heterocycles. The van der Waals surface area contributed by atoms with Crippen LogP contribution in [0.1, 0.15) is 65.6 Å². The molecule has 1 saturated carbocycles. The van der Waals surface area contributed by atoms with Crippen LogP contribution in [0.25, 0.3) is 21.1 Å². The molecule has 4 heterocycles. The summed E-state index contributed by atoms with van der Waals surface area (Å²) in [5.74, 6) is 0.878. The molecule has 180 valence electrons. The lowest BCUT2D eigenvalue weighted by Gasteiger charge is -2.22. The summed E-state index contributed by atoms with van der Waals surface area (Å²) >= 11 is 1.51. The zero-order chi connectivity index (χ0) is 24.1. The van der Waals surface area contributed by atoms with Gasteiger partial charge in [0, 0.05) is 42.0 Å². The number of hydrogen-bond donors (Lipinski definition) is 1. The van der Waals surface area contributed by atoms with Crippen LogP contribution in [0, 0.1) is 12.8 Å². The molecule has 0 unspecified atom stereocenters. The second kappa shape index (κ2) is 8.79. The number of rotatable bonds is 6. The number of thiophene rings is 1. The zero-order valence-corrected chi connectivity index (χ0v) is 21.0. The van der Waals surface area contributed by atoms with Gasteiger partial charge in [-0.15, -0.1) is 11.3 Å². The quantitative estimate of drug-likeness (QED) is 0.327.